The van der Waals surface area contributed by atoms with Gasteiger partial charge in [-0.05, 0) is 42.3 Å². The molecule has 0 amide bonds. The minimum atomic E-state index is -3.68. The number of halogens is 1. The van der Waals surface area contributed by atoms with E-state index in [9.17, 15) is 8.42 Å². The molecule has 0 bridgehead atoms. The van der Waals surface area contributed by atoms with E-state index in [2.05, 4.69) is 20.7 Å². The number of anilines is 1. The van der Waals surface area contributed by atoms with E-state index in [1.165, 1.54) is 14.2 Å². The summed E-state index contributed by atoms with van der Waals surface area (Å²) >= 11 is 3.36. The fourth-order valence-electron chi connectivity index (χ4n) is 2.20. The van der Waals surface area contributed by atoms with Gasteiger partial charge in [0.2, 0.25) is 0 Å². The molecule has 0 saturated carbocycles. The molecule has 0 unspecified atom stereocenters. The highest BCUT2D eigenvalue weighted by atomic mass is 79.9. The first-order valence-electron chi connectivity index (χ1n) is 6.94. The Hall–Kier alpha value is -1.73. The fourth-order valence-corrected chi connectivity index (χ4v) is 3.95. The Bertz CT molecular complexity index is 806. The number of hydrogen-bond donors (Lipinski definition) is 1. The van der Waals surface area contributed by atoms with Gasteiger partial charge in [0.05, 0.1) is 24.8 Å². The first-order valence-corrected chi connectivity index (χ1v) is 9.22. The van der Waals surface area contributed by atoms with Crippen LogP contribution in [0.3, 0.4) is 0 Å². The fraction of sp³-hybridized carbons (Fsp3) is 0.250. The van der Waals surface area contributed by atoms with Crippen molar-refractivity contribution in [1.29, 1.82) is 0 Å². The van der Waals surface area contributed by atoms with Crippen LogP contribution in [0.2, 0.25) is 0 Å². The van der Waals surface area contributed by atoms with E-state index in [4.69, 9.17) is 9.47 Å². The Morgan fingerprint density at radius 3 is 2.35 bits per heavy atom. The smallest absolute Gasteiger partial charge is 0.262 e. The molecule has 0 aliphatic rings. The standard InChI is InChI=1S/C16H18BrNO4S/c1-4-11-9-12(17)5-8-16(11)23(19,20)18-13-6-7-14(21-2)15(10-13)22-3/h5-10,18H,4H2,1-3H3. The number of rotatable bonds is 6. The molecule has 0 aromatic heterocycles. The van der Waals surface area contributed by atoms with Crippen LogP contribution in [-0.4, -0.2) is 22.6 Å². The SMILES string of the molecule is CCc1cc(Br)ccc1S(=O)(=O)Nc1ccc(OC)c(OC)c1. The summed E-state index contributed by atoms with van der Waals surface area (Å²) in [4.78, 5) is 0.262. The summed E-state index contributed by atoms with van der Waals surface area (Å²) in [6, 6.07) is 9.97. The van der Waals surface area contributed by atoms with E-state index >= 15 is 0 Å². The summed E-state index contributed by atoms with van der Waals surface area (Å²) < 4.78 is 39.1. The van der Waals surface area contributed by atoms with E-state index in [1.807, 2.05) is 13.0 Å². The highest BCUT2D eigenvalue weighted by Gasteiger charge is 2.19. The zero-order valence-electron chi connectivity index (χ0n) is 13.1. The number of sulfonamides is 1. The van der Waals surface area contributed by atoms with Crippen molar-refractivity contribution >= 4 is 31.6 Å². The average Bonchev–Trinajstić information content (AvgIpc) is 2.53. The molecule has 0 aliphatic carbocycles. The molecule has 23 heavy (non-hydrogen) atoms. The van der Waals surface area contributed by atoms with Crippen LogP contribution >= 0.6 is 15.9 Å². The van der Waals surface area contributed by atoms with Crippen LogP contribution in [0.25, 0.3) is 0 Å². The van der Waals surface area contributed by atoms with Crippen LogP contribution in [0.5, 0.6) is 11.5 Å². The lowest BCUT2D eigenvalue weighted by atomic mass is 10.2. The lowest BCUT2D eigenvalue weighted by molar-refractivity contribution is 0.355. The Balaban J connectivity index is 2.39. The van der Waals surface area contributed by atoms with Gasteiger partial charge in [-0.2, -0.15) is 0 Å². The molecule has 5 nitrogen and oxygen atoms in total. The summed E-state index contributed by atoms with van der Waals surface area (Å²) in [5.41, 5.74) is 1.15. The van der Waals surface area contributed by atoms with Gasteiger partial charge in [0, 0.05) is 10.5 Å². The van der Waals surface area contributed by atoms with Crippen LogP contribution in [0.1, 0.15) is 12.5 Å². The van der Waals surface area contributed by atoms with Crippen LogP contribution < -0.4 is 14.2 Å². The Labute approximate surface area is 144 Å². The molecular formula is C16H18BrNO4S. The monoisotopic (exact) mass is 399 g/mol. The number of nitrogens with one attached hydrogen (secondary N) is 1. The van der Waals surface area contributed by atoms with Crippen molar-refractivity contribution in [3.63, 3.8) is 0 Å². The molecule has 0 spiro atoms. The zero-order valence-corrected chi connectivity index (χ0v) is 15.5. The van der Waals surface area contributed by atoms with E-state index < -0.39 is 10.0 Å². The van der Waals surface area contributed by atoms with E-state index in [-0.39, 0.29) is 4.90 Å². The molecule has 0 atom stereocenters. The number of benzene rings is 2. The van der Waals surface area contributed by atoms with Crippen molar-refractivity contribution in [2.24, 2.45) is 0 Å². The molecule has 0 saturated heterocycles. The van der Waals surface area contributed by atoms with E-state index in [0.717, 1.165) is 10.0 Å². The van der Waals surface area contributed by atoms with Gasteiger partial charge >= 0.3 is 0 Å². The van der Waals surface area contributed by atoms with Crippen molar-refractivity contribution in [3.8, 4) is 11.5 Å². The van der Waals surface area contributed by atoms with Gasteiger partial charge in [-0.15, -0.1) is 0 Å². The summed E-state index contributed by atoms with van der Waals surface area (Å²) in [6.45, 7) is 1.91. The second kappa shape index (κ2) is 7.23. The van der Waals surface area contributed by atoms with Gasteiger partial charge in [0.25, 0.3) is 10.0 Å². The maximum atomic E-state index is 12.6. The van der Waals surface area contributed by atoms with E-state index in [1.54, 1.807) is 30.3 Å². The van der Waals surface area contributed by atoms with Crippen molar-refractivity contribution in [3.05, 3.63) is 46.4 Å². The lowest BCUT2D eigenvalue weighted by Crippen LogP contribution is -2.15. The van der Waals surface area contributed by atoms with Crippen molar-refractivity contribution in [2.45, 2.75) is 18.2 Å². The third kappa shape index (κ3) is 3.97. The Kier molecular flexibility index (Phi) is 5.54. The van der Waals surface area contributed by atoms with Crippen LogP contribution in [0, 0.1) is 0 Å². The Morgan fingerprint density at radius 2 is 1.74 bits per heavy atom. The highest BCUT2D eigenvalue weighted by molar-refractivity contribution is 9.10. The molecule has 0 heterocycles. The third-order valence-corrected chi connectivity index (χ3v) is 5.30. The maximum Gasteiger partial charge on any atom is 0.262 e. The third-order valence-electron chi connectivity index (χ3n) is 3.33. The predicted octanol–water partition coefficient (Wildman–Crippen LogP) is 3.83. The maximum absolute atomic E-state index is 12.6. The van der Waals surface area contributed by atoms with Crippen LogP contribution in [0.15, 0.2) is 45.8 Å². The molecule has 2 aromatic carbocycles. The van der Waals surface area contributed by atoms with Crippen LogP contribution in [-0.2, 0) is 16.4 Å². The number of methoxy groups -OCH3 is 2. The molecule has 2 aromatic rings. The molecule has 1 N–H and O–H groups in total. The topological polar surface area (TPSA) is 64.6 Å². The minimum Gasteiger partial charge on any atom is -0.493 e. The summed E-state index contributed by atoms with van der Waals surface area (Å²) in [6.07, 6.45) is 0.613. The predicted molar refractivity (Wildman–Crippen MR) is 93.9 cm³/mol. The molecule has 0 aliphatic heterocycles. The van der Waals surface area contributed by atoms with Gasteiger partial charge in [-0.3, -0.25) is 4.72 Å². The first-order chi connectivity index (χ1) is 10.9. The number of hydrogen-bond acceptors (Lipinski definition) is 4. The van der Waals surface area contributed by atoms with Gasteiger partial charge in [0.1, 0.15) is 0 Å². The van der Waals surface area contributed by atoms with Gasteiger partial charge in [-0.25, -0.2) is 8.42 Å². The second-order valence-corrected chi connectivity index (χ2v) is 7.35. The van der Waals surface area contributed by atoms with Gasteiger partial charge < -0.3 is 9.47 Å². The number of ether oxygens (including phenoxy) is 2. The van der Waals surface area contributed by atoms with E-state index in [0.29, 0.717) is 23.6 Å². The highest BCUT2D eigenvalue weighted by Crippen LogP contribution is 2.31. The number of aryl methyl sites for hydroxylation is 1. The van der Waals surface area contributed by atoms with Crippen LogP contribution in [0.4, 0.5) is 5.69 Å². The summed E-state index contributed by atoms with van der Waals surface area (Å²) in [7, 11) is -0.660. The van der Waals surface area contributed by atoms with Crippen molar-refractivity contribution in [2.75, 3.05) is 18.9 Å². The largest absolute Gasteiger partial charge is 0.493 e. The summed E-state index contributed by atoms with van der Waals surface area (Å²) in [5.74, 6) is 0.993. The van der Waals surface area contributed by atoms with Crippen molar-refractivity contribution in [1.82, 2.24) is 0 Å². The Morgan fingerprint density at radius 1 is 1.04 bits per heavy atom. The second-order valence-electron chi connectivity index (χ2n) is 4.78. The normalized spacial score (nSPS) is 11.1. The zero-order chi connectivity index (χ0) is 17.0. The molecule has 0 radical (unpaired) electrons. The van der Waals surface area contributed by atoms with Gasteiger partial charge in [0.15, 0.2) is 11.5 Å². The quantitative estimate of drug-likeness (QED) is 0.801. The summed E-state index contributed by atoms with van der Waals surface area (Å²) in [5, 5.41) is 0. The van der Waals surface area contributed by atoms with Gasteiger partial charge in [-0.1, -0.05) is 22.9 Å². The molecule has 124 valence electrons. The first kappa shape index (κ1) is 17.6. The average molecular weight is 400 g/mol. The minimum absolute atomic E-state index is 0.262. The molecule has 0 fully saturated rings. The molecule has 2 rings (SSSR count). The molecule has 7 heteroatoms. The van der Waals surface area contributed by atoms with Crippen molar-refractivity contribution < 1.29 is 17.9 Å². The lowest BCUT2D eigenvalue weighted by Gasteiger charge is -2.14. The molecular weight excluding hydrogens is 382 g/mol.